The topological polar surface area (TPSA) is 69.6 Å². The Labute approximate surface area is 127 Å². The fourth-order valence-corrected chi connectivity index (χ4v) is 4.04. The average molecular weight is 296 g/mol. The number of rotatable bonds is 7. The van der Waals surface area contributed by atoms with Crippen LogP contribution in [0.4, 0.5) is 4.79 Å². The summed E-state index contributed by atoms with van der Waals surface area (Å²) in [6.45, 7) is 2.99. The van der Waals surface area contributed by atoms with Crippen LogP contribution in [-0.4, -0.2) is 42.1 Å². The van der Waals surface area contributed by atoms with Crippen LogP contribution in [0.3, 0.4) is 0 Å². The van der Waals surface area contributed by atoms with E-state index in [0.717, 1.165) is 24.8 Å². The first-order chi connectivity index (χ1) is 10.0. The molecule has 2 aliphatic rings. The molecule has 2 saturated carbocycles. The van der Waals surface area contributed by atoms with Crippen molar-refractivity contribution in [3.05, 3.63) is 0 Å². The van der Waals surface area contributed by atoms with Crippen molar-refractivity contribution < 1.29 is 14.7 Å². The van der Waals surface area contributed by atoms with E-state index in [-0.39, 0.29) is 12.6 Å². The molecule has 0 heterocycles. The Kier molecular flexibility index (Phi) is 5.48. The van der Waals surface area contributed by atoms with Crippen LogP contribution in [0, 0.1) is 23.7 Å². The van der Waals surface area contributed by atoms with Gasteiger partial charge in [-0.05, 0) is 43.4 Å². The molecule has 4 atom stereocenters. The van der Waals surface area contributed by atoms with E-state index in [9.17, 15) is 9.59 Å². The van der Waals surface area contributed by atoms with E-state index in [0.29, 0.717) is 12.3 Å². The van der Waals surface area contributed by atoms with Gasteiger partial charge in [-0.3, -0.25) is 4.79 Å². The number of nitrogens with one attached hydrogen (secondary N) is 1. The molecule has 0 radical (unpaired) electrons. The standard InChI is InChI=1S/C16H28N2O3/c1-3-4-13(15(19)20)9-17-16(21)18(2)10-14-8-11-5-6-12(14)7-11/h11-14H,3-10H2,1-2H3,(H,17,21)(H,19,20). The highest BCUT2D eigenvalue weighted by Gasteiger charge is 2.40. The monoisotopic (exact) mass is 296 g/mol. The number of carboxylic acid groups (broad SMARTS) is 1. The summed E-state index contributed by atoms with van der Waals surface area (Å²) in [7, 11) is 1.82. The Hall–Kier alpha value is -1.26. The molecule has 2 amide bonds. The maximum absolute atomic E-state index is 12.1. The van der Waals surface area contributed by atoms with Gasteiger partial charge in [0.15, 0.2) is 0 Å². The minimum atomic E-state index is -0.826. The number of hydrogen-bond donors (Lipinski definition) is 2. The number of nitrogens with zero attached hydrogens (tertiary/aromatic N) is 1. The fraction of sp³-hybridized carbons (Fsp3) is 0.875. The highest BCUT2D eigenvalue weighted by atomic mass is 16.4. The van der Waals surface area contributed by atoms with Crippen LogP contribution in [0.25, 0.3) is 0 Å². The first-order valence-corrected chi connectivity index (χ1v) is 8.23. The van der Waals surface area contributed by atoms with Crippen molar-refractivity contribution in [1.29, 1.82) is 0 Å². The first-order valence-electron chi connectivity index (χ1n) is 8.23. The number of carbonyl (C=O) groups excluding carboxylic acids is 1. The van der Waals surface area contributed by atoms with Crippen LogP contribution in [0.2, 0.25) is 0 Å². The third kappa shape index (κ3) is 4.11. The smallest absolute Gasteiger partial charge is 0.317 e. The molecule has 0 aromatic heterocycles. The second-order valence-corrected chi connectivity index (χ2v) is 6.83. The Morgan fingerprint density at radius 2 is 2.10 bits per heavy atom. The van der Waals surface area contributed by atoms with Crippen molar-refractivity contribution in [2.75, 3.05) is 20.1 Å². The van der Waals surface area contributed by atoms with Gasteiger partial charge in [-0.1, -0.05) is 19.8 Å². The predicted octanol–water partition coefficient (Wildman–Crippen LogP) is 2.56. The summed E-state index contributed by atoms with van der Waals surface area (Å²) < 4.78 is 0. The van der Waals surface area contributed by atoms with E-state index >= 15 is 0 Å². The van der Waals surface area contributed by atoms with E-state index in [1.54, 1.807) is 4.90 Å². The third-order valence-corrected chi connectivity index (χ3v) is 5.23. The lowest BCUT2D eigenvalue weighted by molar-refractivity contribution is -0.141. The van der Waals surface area contributed by atoms with Crippen molar-refractivity contribution in [3.63, 3.8) is 0 Å². The van der Waals surface area contributed by atoms with Gasteiger partial charge >= 0.3 is 12.0 Å². The van der Waals surface area contributed by atoms with Crippen molar-refractivity contribution in [1.82, 2.24) is 10.2 Å². The molecule has 2 rings (SSSR count). The third-order valence-electron chi connectivity index (χ3n) is 5.23. The van der Waals surface area contributed by atoms with Gasteiger partial charge in [-0.25, -0.2) is 4.79 Å². The Balaban J connectivity index is 1.73. The maximum atomic E-state index is 12.1. The molecule has 0 aromatic rings. The second-order valence-electron chi connectivity index (χ2n) is 6.83. The van der Waals surface area contributed by atoms with Crippen LogP contribution in [0.15, 0.2) is 0 Å². The van der Waals surface area contributed by atoms with Gasteiger partial charge in [-0.2, -0.15) is 0 Å². The van der Waals surface area contributed by atoms with Crippen LogP contribution < -0.4 is 5.32 Å². The molecule has 2 bridgehead atoms. The Morgan fingerprint density at radius 3 is 2.62 bits per heavy atom. The zero-order chi connectivity index (χ0) is 15.4. The van der Waals surface area contributed by atoms with Crippen LogP contribution in [0.5, 0.6) is 0 Å². The summed E-state index contributed by atoms with van der Waals surface area (Å²) in [4.78, 5) is 24.9. The lowest BCUT2D eigenvalue weighted by atomic mass is 9.88. The molecule has 2 fully saturated rings. The number of fused-ring (bicyclic) bond motifs is 2. The molecule has 0 aliphatic heterocycles. The molecule has 0 saturated heterocycles. The van der Waals surface area contributed by atoms with Gasteiger partial charge in [0, 0.05) is 20.1 Å². The highest BCUT2D eigenvalue weighted by molar-refractivity contribution is 5.75. The second kappa shape index (κ2) is 7.14. The predicted molar refractivity (Wildman–Crippen MR) is 81.0 cm³/mol. The molecule has 4 unspecified atom stereocenters. The molecule has 120 valence electrons. The van der Waals surface area contributed by atoms with Gasteiger partial charge in [0.2, 0.25) is 0 Å². The minimum absolute atomic E-state index is 0.139. The fourth-order valence-electron chi connectivity index (χ4n) is 4.04. The number of urea groups is 1. The van der Waals surface area contributed by atoms with Crippen molar-refractivity contribution in [3.8, 4) is 0 Å². The van der Waals surface area contributed by atoms with Crippen LogP contribution >= 0.6 is 0 Å². The Morgan fingerprint density at radius 1 is 1.33 bits per heavy atom. The van der Waals surface area contributed by atoms with Gasteiger partial charge in [0.1, 0.15) is 0 Å². The summed E-state index contributed by atoms with van der Waals surface area (Å²) in [6.07, 6.45) is 6.71. The van der Waals surface area contributed by atoms with Crippen LogP contribution in [0.1, 0.15) is 45.4 Å². The largest absolute Gasteiger partial charge is 0.481 e. The summed E-state index contributed by atoms with van der Waals surface area (Å²) >= 11 is 0. The van der Waals surface area contributed by atoms with Gasteiger partial charge < -0.3 is 15.3 Å². The quantitative estimate of drug-likeness (QED) is 0.758. The molecule has 21 heavy (non-hydrogen) atoms. The van der Waals surface area contributed by atoms with E-state index < -0.39 is 11.9 Å². The van der Waals surface area contributed by atoms with Gasteiger partial charge in [-0.15, -0.1) is 0 Å². The SMILES string of the molecule is CCCC(CNC(=O)N(C)CC1CC2CCC1C2)C(=O)O. The van der Waals surface area contributed by atoms with E-state index in [2.05, 4.69) is 5.32 Å². The molecule has 2 N–H and O–H groups in total. The van der Waals surface area contributed by atoms with E-state index in [1.807, 2.05) is 14.0 Å². The number of carboxylic acids is 1. The number of hydrogen-bond acceptors (Lipinski definition) is 2. The zero-order valence-corrected chi connectivity index (χ0v) is 13.2. The molecular formula is C16H28N2O3. The molecular weight excluding hydrogens is 268 g/mol. The first kappa shape index (κ1) is 16.1. The van der Waals surface area contributed by atoms with Gasteiger partial charge in [0.25, 0.3) is 0 Å². The zero-order valence-electron chi connectivity index (χ0n) is 13.2. The van der Waals surface area contributed by atoms with E-state index in [4.69, 9.17) is 5.11 Å². The number of carbonyl (C=O) groups is 2. The maximum Gasteiger partial charge on any atom is 0.317 e. The molecule has 5 nitrogen and oxygen atoms in total. The minimum Gasteiger partial charge on any atom is -0.481 e. The van der Waals surface area contributed by atoms with E-state index in [1.165, 1.54) is 25.7 Å². The van der Waals surface area contributed by atoms with Crippen molar-refractivity contribution in [2.24, 2.45) is 23.7 Å². The van der Waals surface area contributed by atoms with Crippen molar-refractivity contribution >= 4 is 12.0 Å². The summed E-state index contributed by atoms with van der Waals surface area (Å²) in [5, 5.41) is 11.9. The normalized spacial score (nSPS) is 28.4. The molecule has 2 aliphatic carbocycles. The highest BCUT2D eigenvalue weighted by Crippen LogP contribution is 2.48. The molecule has 0 aromatic carbocycles. The lowest BCUT2D eigenvalue weighted by Gasteiger charge is -2.27. The number of amides is 2. The summed E-state index contributed by atoms with van der Waals surface area (Å²) in [5.41, 5.74) is 0. The Bertz CT molecular complexity index is 386. The summed E-state index contributed by atoms with van der Waals surface area (Å²) in [5.74, 6) is 1.03. The van der Waals surface area contributed by atoms with Crippen molar-refractivity contribution in [2.45, 2.75) is 45.4 Å². The lowest BCUT2D eigenvalue weighted by Crippen LogP contribution is -2.43. The van der Waals surface area contributed by atoms with Gasteiger partial charge in [0.05, 0.1) is 5.92 Å². The number of aliphatic carboxylic acids is 1. The van der Waals surface area contributed by atoms with Crippen LogP contribution in [-0.2, 0) is 4.79 Å². The average Bonchev–Trinajstić information content (AvgIpc) is 3.05. The molecule has 0 spiro atoms. The summed E-state index contributed by atoms with van der Waals surface area (Å²) in [6, 6.07) is -0.139. The molecule has 5 heteroatoms.